The van der Waals surface area contributed by atoms with Crippen molar-refractivity contribution < 1.29 is 9.53 Å². The summed E-state index contributed by atoms with van der Waals surface area (Å²) in [7, 11) is 0. The maximum atomic E-state index is 11.3. The topological polar surface area (TPSA) is 26.3 Å². The number of rotatable bonds is 1. The zero-order chi connectivity index (χ0) is 12.9. The van der Waals surface area contributed by atoms with Crippen LogP contribution >= 0.6 is 22.7 Å². The molecule has 2 heterocycles. The second kappa shape index (κ2) is 4.07. The summed E-state index contributed by atoms with van der Waals surface area (Å²) >= 11 is 3.43. The summed E-state index contributed by atoms with van der Waals surface area (Å²) in [5.41, 5.74) is 1.16. The van der Waals surface area contributed by atoms with Crippen molar-refractivity contribution in [3.8, 4) is 5.75 Å². The van der Waals surface area contributed by atoms with Gasteiger partial charge >= 0.3 is 5.97 Å². The van der Waals surface area contributed by atoms with Gasteiger partial charge in [0.05, 0.1) is 0 Å². The molecule has 18 heavy (non-hydrogen) atoms. The molecule has 0 aliphatic heterocycles. The van der Waals surface area contributed by atoms with Gasteiger partial charge in [-0.3, -0.25) is 4.79 Å². The number of carbonyl (C=O) groups is 1. The lowest BCUT2D eigenvalue weighted by molar-refractivity contribution is -0.131. The third-order valence-corrected chi connectivity index (χ3v) is 4.91. The fourth-order valence-corrected chi connectivity index (χ4v) is 4.20. The van der Waals surface area contributed by atoms with E-state index in [0.717, 1.165) is 22.1 Å². The monoisotopic (exact) mass is 276 g/mol. The van der Waals surface area contributed by atoms with Gasteiger partial charge in [0, 0.05) is 32.0 Å². The number of benzene rings is 1. The van der Waals surface area contributed by atoms with Crippen LogP contribution in [0.5, 0.6) is 5.75 Å². The van der Waals surface area contributed by atoms with E-state index < -0.39 is 0 Å². The molecule has 3 aromatic rings. The maximum Gasteiger partial charge on any atom is 0.308 e. The fourth-order valence-electron chi connectivity index (χ4n) is 2.18. The van der Waals surface area contributed by atoms with Gasteiger partial charge in [-0.05, 0) is 36.9 Å². The Hall–Kier alpha value is -1.39. The van der Waals surface area contributed by atoms with Crippen LogP contribution in [-0.2, 0) is 4.79 Å². The SMILES string of the molecule is CC(=O)Oc1c2cc(C)sc2cc2scc(C)c12. The molecule has 0 saturated carbocycles. The van der Waals surface area contributed by atoms with E-state index in [4.69, 9.17) is 4.74 Å². The Morgan fingerprint density at radius 2 is 2.00 bits per heavy atom. The Morgan fingerprint density at radius 3 is 2.72 bits per heavy atom. The Bertz CT molecular complexity index is 764. The second-order valence-electron chi connectivity index (χ2n) is 4.36. The highest BCUT2D eigenvalue weighted by Crippen LogP contribution is 2.42. The van der Waals surface area contributed by atoms with E-state index in [2.05, 4.69) is 31.4 Å². The standard InChI is InChI=1S/C14H12O2S2/c1-7-6-17-12-5-11-10(4-8(2)18-11)14(13(7)12)16-9(3)15/h4-6H,1-3H3. The van der Waals surface area contributed by atoms with E-state index in [1.54, 1.807) is 22.7 Å². The fraction of sp³-hybridized carbons (Fsp3) is 0.214. The summed E-state index contributed by atoms with van der Waals surface area (Å²) in [6.45, 7) is 5.58. The third-order valence-electron chi connectivity index (χ3n) is 2.87. The van der Waals surface area contributed by atoms with Crippen LogP contribution in [-0.4, -0.2) is 5.97 Å². The normalized spacial score (nSPS) is 11.3. The average Bonchev–Trinajstić information content (AvgIpc) is 2.81. The minimum absolute atomic E-state index is 0.266. The van der Waals surface area contributed by atoms with Gasteiger partial charge in [0.25, 0.3) is 0 Å². The largest absolute Gasteiger partial charge is 0.425 e. The zero-order valence-corrected chi connectivity index (χ0v) is 12.0. The predicted octanol–water partition coefficient (Wildman–Crippen LogP) is 4.66. The number of fused-ring (bicyclic) bond motifs is 2. The van der Waals surface area contributed by atoms with E-state index in [0.29, 0.717) is 0 Å². The van der Waals surface area contributed by atoms with E-state index in [-0.39, 0.29) is 5.97 Å². The van der Waals surface area contributed by atoms with Crippen LogP contribution in [0, 0.1) is 13.8 Å². The Balaban J connectivity index is 2.46. The highest BCUT2D eigenvalue weighted by molar-refractivity contribution is 7.20. The van der Waals surface area contributed by atoms with Gasteiger partial charge in [0.15, 0.2) is 0 Å². The molecular weight excluding hydrogens is 264 g/mol. The quantitative estimate of drug-likeness (QED) is 0.477. The lowest BCUT2D eigenvalue weighted by Crippen LogP contribution is -2.02. The number of esters is 1. The first-order chi connectivity index (χ1) is 8.56. The van der Waals surface area contributed by atoms with Gasteiger partial charge in [-0.2, -0.15) is 0 Å². The van der Waals surface area contributed by atoms with Crippen LogP contribution in [0.25, 0.3) is 20.2 Å². The minimum atomic E-state index is -0.266. The highest BCUT2D eigenvalue weighted by Gasteiger charge is 2.15. The van der Waals surface area contributed by atoms with Crippen molar-refractivity contribution >= 4 is 48.8 Å². The number of aryl methyl sites for hydroxylation is 2. The molecule has 0 N–H and O–H groups in total. The Labute approximate surface area is 113 Å². The van der Waals surface area contributed by atoms with Crippen molar-refractivity contribution in [2.24, 2.45) is 0 Å². The van der Waals surface area contributed by atoms with Crippen molar-refractivity contribution in [2.45, 2.75) is 20.8 Å². The van der Waals surface area contributed by atoms with E-state index in [9.17, 15) is 4.79 Å². The average molecular weight is 276 g/mol. The van der Waals surface area contributed by atoms with Crippen molar-refractivity contribution in [3.05, 3.63) is 28.0 Å². The van der Waals surface area contributed by atoms with Crippen LogP contribution in [0.1, 0.15) is 17.4 Å². The molecule has 0 spiro atoms. The first-order valence-corrected chi connectivity index (χ1v) is 7.35. The van der Waals surface area contributed by atoms with Gasteiger partial charge in [-0.15, -0.1) is 22.7 Å². The Kier molecular flexibility index (Phi) is 2.64. The summed E-state index contributed by atoms with van der Waals surface area (Å²) in [6.07, 6.45) is 0. The van der Waals surface area contributed by atoms with E-state index in [1.165, 1.54) is 21.2 Å². The molecule has 0 fully saturated rings. The number of hydrogen-bond donors (Lipinski definition) is 0. The molecule has 2 aromatic heterocycles. The first kappa shape index (κ1) is 11.7. The van der Waals surface area contributed by atoms with Gasteiger partial charge in [-0.1, -0.05) is 0 Å². The minimum Gasteiger partial charge on any atom is -0.425 e. The van der Waals surface area contributed by atoms with Gasteiger partial charge in [0.2, 0.25) is 0 Å². The molecular formula is C14H12O2S2. The molecule has 0 bridgehead atoms. The Morgan fingerprint density at radius 1 is 1.22 bits per heavy atom. The summed E-state index contributed by atoms with van der Waals surface area (Å²) in [5.74, 6) is 0.455. The molecule has 92 valence electrons. The predicted molar refractivity (Wildman–Crippen MR) is 78.0 cm³/mol. The third kappa shape index (κ3) is 1.72. The lowest BCUT2D eigenvalue weighted by atomic mass is 10.1. The molecule has 0 radical (unpaired) electrons. The van der Waals surface area contributed by atoms with Crippen LogP contribution in [0.2, 0.25) is 0 Å². The molecule has 3 rings (SSSR count). The molecule has 0 saturated heterocycles. The van der Waals surface area contributed by atoms with E-state index in [1.807, 2.05) is 0 Å². The zero-order valence-electron chi connectivity index (χ0n) is 10.4. The van der Waals surface area contributed by atoms with Crippen molar-refractivity contribution in [2.75, 3.05) is 0 Å². The molecule has 4 heteroatoms. The molecule has 0 amide bonds. The molecule has 2 nitrogen and oxygen atoms in total. The molecule has 0 atom stereocenters. The van der Waals surface area contributed by atoms with Crippen LogP contribution < -0.4 is 4.74 Å². The maximum absolute atomic E-state index is 11.3. The summed E-state index contributed by atoms with van der Waals surface area (Å²) in [6, 6.07) is 4.28. The van der Waals surface area contributed by atoms with Gasteiger partial charge in [-0.25, -0.2) is 0 Å². The molecule has 0 aliphatic rings. The van der Waals surface area contributed by atoms with Crippen molar-refractivity contribution in [3.63, 3.8) is 0 Å². The number of carbonyl (C=O) groups excluding carboxylic acids is 1. The van der Waals surface area contributed by atoms with Crippen LogP contribution in [0.15, 0.2) is 17.5 Å². The molecule has 1 aromatic carbocycles. The second-order valence-corrected chi connectivity index (χ2v) is 6.56. The van der Waals surface area contributed by atoms with Gasteiger partial charge in [0.1, 0.15) is 5.75 Å². The summed E-state index contributed by atoms with van der Waals surface area (Å²) in [5, 5.41) is 4.22. The molecule has 0 unspecified atom stereocenters. The van der Waals surface area contributed by atoms with Crippen LogP contribution in [0.4, 0.5) is 0 Å². The first-order valence-electron chi connectivity index (χ1n) is 5.65. The van der Waals surface area contributed by atoms with Crippen molar-refractivity contribution in [1.82, 2.24) is 0 Å². The summed E-state index contributed by atoms with van der Waals surface area (Å²) in [4.78, 5) is 12.6. The smallest absolute Gasteiger partial charge is 0.308 e. The van der Waals surface area contributed by atoms with Crippen LogP contribution in [0.3, 0.4) is 0 Å². The van der Waals surface area contributed by atoms with Crippen molar-refractivity contribution in [1.29, 1.82) is 0 Å². The highest BCUT2D eigenvalue weighted by atomic mass is 32.1. The number of hydrogen-bond acceptors (Lipinski definition) is 4. The molecule has 0 aliphatic carbocycles. The van der Waals surface area contributed by atoms with Gasteiger partial charge < -0.3 is 4.74 Å². The summed E-state index contributed by atoms with van der Waals surface area (Å²) < 4.78 is 7.83. The lowest BCUT2D eigenvalue weighted by Gasteiger charge is -2.06. The number of thiophene rings is 2. The van der Waals surface area contributed by atoms with E-state index >= 15 is 0 Å². The number of ether oxygens (including phenoxy) is 1.